The number of halogens is 3. The molecule has 50 valence electrons. The molecule has 0 amide bonds. The van der Waals surface area contributed by atoms with Crippen LogP contribution in [0.3, 0.4) is 0 Å². The van der Waals surface area contributed by atoms with Gasteiger partial charge < -0.3 is 18.1 Å². The number of aliphatic hydroxyl groups excluding tert-OH is 1. The fourth-order valence-corrected chi connectivity index (χ4v) is 0.323. The second kappa shape index (κ2) is 2.97. The van der Waals surface area contributed by atoms with Gasteiger partial charge in [0.1, 0.15) is 0 Å². The van der Waals surface area contributed by atoms with Crippen LogP contribution in [0, 0.1) is 0 Å². The van der Waals surface area contributed by atoms with Gasteiger partial charge in [-0.25, -0.2) is 0 Å². The van der Waals surface area contributed by atoms with Crippen LogP contribution in [0.15, 0.2) is 0 Å². The Bertz CT molecular complexity index is 62.0. The van der Waals surface area contributed by atoms with E-state index in [1.807, 2.05) is 0 Å². The zero-order valence-corrected chi connectivity index (χ0v) is 4.28. The Balaban J connectivity index is 3.11. The Hall–Kier alpha value is -0.185. The molecule has 0 aromatic rings. The molecule has 0 aliphatic rings. The maximum absolute atomic E-state index is 11.2. The average molecular weight is 127 g/mol. The summed E-state index contributed by atoms with van der Waals surface area (Å²) in [6.07, 6.45) is -0.986. The van der Waals surface area contributed by atoms with Crippen molar-refractivity contribution in [3.8, 4) is 0 Å². The summed E-state index contributed by atoms with van der Waals surface area (Å²) in [5.41, 5.74) is 0. The molecule has 0 saturated heterocycles. The zero-order chi connectivity index (χ0) is 6.62. The van der Waals surface area contributed by atoms with E-state index in [9.17, 15) is 12.9 Å². The molecule has 0 fully saturated rings. The lowest BCUT2D eigenvalue weighted by Crippen LogP contribution is -2.14. The molecular formula is C3H7BF3O-. The molecule has 0 aromatic heterocycles. The van der Waals surface area contributed by atoms with E-state index in [-0.39, 0.29) is 13.0 Å². The molecule has 8 heavy (non-hydrogen) atoms. The summed E-state index contributed by atoms with van der Waals surface area (Å²) >= 11 is 0. The van der Waals surface area contributed by atoms with Crippen LogP contribution in [0.5, 0.6) is 0 Å². The third kappa shape index (κ3) is 5.81. The molecule has 1 N–H and O–H groups in total. The first kappa shape index (κ1) is 7.81. The average Bonchev–Trinajstić information content (AvgIpc) is 1.59. The standard InChI is InChI=1S/C3H7BF3O/c5-4(6,7)2-1-3-8/h8H,1-3H2/q-1. The molecule has 1 nitrogen and oxygen atoms in total. The summed E-state index contributed by atoms with van der Waals surface area (Å²) in [6, 6.07) is 0. The monoisotopic (exact) mass is 127 g/mol. The first-order chi connectivity index (χ1) is 3.56. The molecule has 0 bridgehead atoms. The number of aliphatic hydroxyl groups is 1. The van der Waals surface area contributed by atoms with Gasteiger partial charge in [-0.3, -0.25) is 0 Å². The maximum Gasteiger partial charge on any atom is 0.478 e. The van der Waals surface area contributed by atoms with Gasteiger partial charge in [0.15, 0.2) is 0 Å². The van der Waals surface area contributed by atoms with Crippen LogP contribution in [0.4, 0.5) is 12.9 Å². The highest BCUT2D eigenvalue weighted by molar-refractivity contribution is 6.58. The van der Waals surface area contributed by atoms with Gasteiger partial charge >= 0.3 is 6.98 Å². The van der Waals surface area contributed by atoms with E-state index >= 15 is 0 Å². The van der Waals surface area contributed by atoms with Gasteiger partial charge in [0, 0.05) is 6.61 Å². The summed E-state index contributed by atoms with van der Waals surface area (Å²) in [5, 5.41) is 7.94. The lowest BCUT2D eigenvalue weighted by Gasteiger charge is -2.10. The quantitative estimate of drug-likeness (QED) is 0.565. The smallest absolute Gasteiger partial charge is 0.449 e. The maximum atomic E-state index is 11.2. The lowest BCUT2D eigenvalue weighted by molar-refractivity contribution is 0.289. The van der Waals surface area contributed by atoms with Crippen molar-refractivity contribution in [1.82, 2.24) is 0 Å². The van der Waals surface area contributed by atoms with Crippen LogP contribution in [-0.4, -0.2) is 18.7 Å². The van der Waals surface area contributed by atoms with Gasteiger partial charge in [-0.15, -0.1) is 0 Å². The minimum Gasteiger partial charge on any atom is -0.449 e. The fourth-order valence-electron chi connectivity index (χ4n) is 0.323. The second-order valence-electron chi connectivity index (χ2n) is 1.58. The van der Waals surface area contributed by atoms with Crippen LogP contribution in [-0.2, 0) is 0 Å². The molecule has 5 heteroatoms. The third-order valence-electron chi connectivity index (χ3n) is 0.690. The normalized spacial score (nSPS) is 12.0. The van der Waals surface area contributed by atoms with Crippen LogP contribution < -0.4 is 0 Å². The number of rotatable bonds is 3. The second-order valence-corrected chi connectivity index (χ2v) is 1.58. The predicted octanol–water partition coefficient (Wildman–Crippen LogP) is 1.22. The molecule has 0 aromatic carbocycles. The first-order valence-electron chi connectivity index (χ1n) is 2.38. The van der Waals surface area contributed by atoms with E-state index in [4.69, 9.17) is 5.11 Å². The van der Waals surface area contributed by atoms with Crippen LogP contribution in [0.1, 0.15) is 6.42 Å². The Morgan fingerprint density at radius 1 is 1.25 bits per heavy atom. The van der Waals surface area contributed by atoms with E-state index in [1.165, 1.54) is 0 Å². The lowest BCUT2D eigenvalue weighted by atomic mass is 9.85. The van der Waals surface area contributed by atoms with E-state index in [0.717, 1.165) is 0 Å². The number of hydrogen-bond donors (Lipinski definition) is 1. The van der Waals surface area contributed by atoms with Gasteiger partial charge in [-0.05, 0) is 0 Å². The molecule has 0 radical (unpaired) electrons. The van der Waals surface area contributed by atoms with Crippen molar-refractivity contribution in [2.75, 3.05) is 6.61 Å². The Labute approximate surface area is 45.6 Å². The Morgan fingerprint density at radius 3 is 1.88 bits per heavy atom. The summed E-state index contributed by atoms with van der Waals surface area (Å²) < 4.78 is 33.6. The molecule has 0 heterocycles. The van der Waals surface area contributed by atoms with E-state index in [1.54, 1.807) is 0 Å². The fraction of sp³-hybridized carbons (Fsp3) is 1.00. The van der Waals surface area contributed by atoms with Crippen molar-refractivity contribution in [1.29, 1.82) is 0 Å². The molecule has 0 spiro atoms. The largest absolute Gasteiger partial charge is 0.478 e. The molecular weight excluding hydrogens is 120 g/mol. The van der Waals surface area contributed by atoms with Crippen LogP contribution in [0.25, 0.3) is 0 Å². The minimum absolute atomic E-state index is 0.163. The predicted molar refractivity (Wildman–Crippen MR) is 25.6 cm³/mol. The topological polar surface area (TPSA) is 20.2 Å². The minimum atomic E-state index is -4.66. The zero-order valence-electron chi connectivity index (χ0n) is 4.28. The molecule has 0 aliphatic heterocycles. The van der Waals surface area contributed by atoms with Crippen molar-refractivity contribution >= 4 is 6.98 Å². The molecule has 0 saturated carbocycles. The van der Waals surface area contributed by atoms with Gasteiger partial charge in [-0.2, -0.15) is 0 Å². The van der Waals surface area contributed by atoms with Crippen molar-refractivity contribution in [3.63, 3.8) is 0 Å². The van der Waals surface area contributed by atoms with Crippen molar-refractivity contribution in [2.45, 2.75) is 12.7 Å². The van der Waals surface area contributed by atoms with Crippen LogP contribution >= 0.6 is 0 Å². The highest BCUT2D eigenvalue weighted by atomic mass is 19.4. The van der Waals surface area contributed by atoms with Gasteiger partial charge in [0.05, 0.1) is 0 Å². The van der Waals surface area contributed by atoms with E-state index in [0.29, 0.717) is 0 Å². The van der Waals surface area contributed by atoms with Crippen molar-refractivity contribution in [3.05, 3.63) is 0 Å². The Morgan fingerprint density at radius 2 is 1.75 bits per heavy atom. The molecule has 0 unspecified atom stereocenters. The number of hydrogen-bond acceptors (Lipinski definition) is 1. The molecule has 0 rings (SSSR count). The first-order valence-corrected chi connectivity index (χ1v) is 2.38. The summed E-state index contributed by atoms with van der Waals surface area (Å²) in [6.45, 7) is -5.04. The molecule has 0 aliphatic carbocycles. The molecule has 0 atom stereocenters. The van der Waals surface area contributed by atoms with Gasteiger partial charge in [0.25, 0.3) is 0 Å². The van der Waals surface area contributed by atoms with E-state index in [2.05, 4.69) is 0 Å². The van der Waals surface area contributed by atoms with Gasteiger partial charge in [0.2, 0.25) is 0 Å². The summed E-state index contributed by atoms with van der Waals surface area (Å²) in [7, 11) is 0. The highest BCUT2D eigenvalue weighted by Crippen LogP contribution is 2.15. The van der Waals surface area contributed by atoms with E-state index < -0.39 is 13.3 Å². The SMILES string of the molecule is OCCC[B-](F)(F)F. The highest BCUT2D eigenvalue weighted by Gasteiger charge is 2.20. The van der Waals surface area contributed by atoms with Crippen molar-refractivity contribution in [2.24, 2.45) is 0 Å². The van der Waals surface area contributed by atoms with Gasteiger partial charge in [-0.1, -0.05) is 12.7 Å². The third-order valence-corrected chi connectivity index (χ3v) is 0.690. The van der Waals surface area contributed by atoms with Crippen molar-refractivity contribution < 1.29 is 18.1 Å². The Kier molecular flexibility index (Phi) is 2.90. The summed E-state index contributed by atoms with van der Waals surface area (Å²) in [4.78, 5) is 0. The summed E-state index contributed by atoms with van der Waals surface area (Å²) in [5.74, 6) is 0. The van der Waals surface area contributed by atoms with Crippen LogP contribution in [0.2, 0.25) is 6.32 Å².